The van der Waals surface area contributed by atoms with Crippen LogP contribution >= 0.6 is 0 Å². The number of amides is 2. The van der Waals surface area contributed by atoms with E-state index in [1.54, 1.807) is 0 Å². The Kier molecular flexibility index (Phi) is 5.94. The Balaban J connectivity index is 1.56. The van der Waals surface area contributed by atoms with E-state index in [9.17, 15) is 9.59 Å². The summed E-state index contributed by atoms with van der Waals surface area (Å²) in [6.45, 7) is 5.46. The second kappa shape index (κ2) is 8.18. The number of primary amides is 1. The number of likely N-dealkylation sites (tertiary alicyclic amines) is 1. The number of nitrogens with zero attached hydrogens (tertiary/aromatic N) is 1. The summed E-state index contributed by atoms with van der Waals surface area (Å²) < 4.78 is 0. The molecule has 1 aromatic rings. The number of nitrogens with two attached hydrogens (primary N) is 1. The van der Waals surface area contributed by atoms with Gasteiger partial charge in [0.15, 0.2) is 0 Å². The van der Waals surface area contributed by atoms with Crippen molar-refractivity contribution in [2.45, 2.75) is 51.1 Å². The molecule has 2 aliphatic heterocycles. The van der Waals surface area contributed by atoms with Crippen LogP contribution in [0, 0.1) is 5.92 Å². The van der Waals surface area contributed by atoms with Crippen molar-refractivity contribution in [1.82, 2.24) is 10.2 Å². The van der Waals surface area contributed by atoms with E-state index in [1.165, 1.54) is 5.56 Å². The maximum atomic E-state index is 12.7. The minimum atomic E-state index is -0.481. The molecule has 26 heavy (non-hydrogen) atoms. The molecule has 0 bridgehead atoms. The maximum Gasteiger partial charge on any atom is 0.244 e. The molecule has 2 fully saturated rings. The highest BCUT2D eigenvalue weighted by Gasteiger charge is 2.34. The predicted octanol–water partition coefficient (Wildman–Crippen LogP) is 1.85. The molecule has 0 aliphatic carbocycles. The third-order valence-electron chi connectivity index (χ3n) is 5.70. The normalized spacial score (nSPS) is 25.0. The highest BCUT2D eigenvalue weighted by Crippen LogP contribution is 2.23. The van der Waals surface area contributed by atoms with E-state index in [0.29, 0.717) is 0 Å². The smallest absolute Gasteiger partial charge is 0.244 e. The van der Waals surface area contributed by atoms with Crippen LogP contribution in [0.25, 0.3) is 0 Å². The molecule has 0 saturated carbocycles. The van der Waals surface area contributed by atoms with Crippen LogP contribution in [0.5, 0.6) is 0 Å². The van der Waals surface area contributed by atoms with Crippen LogP contribution in [-0.2, 0) is 16.1 Å². The van der Waals surface area contributed by atoms with Gasteiger partial charge in [-0.2, -0.15) is 0 Å². The summed E-state index contributed by atoms with van der Waals surface area (Å²) in [5.74, 6) is -0.128. The highest BCUT2D eigenvalue weighted by molar-refractivity contribution is 5.97. The van der Waals surface area contributed by atoms with Gasteiger partial charge in [-0.1, -0.05) is 12.1 Å². The number of benzene rings is 1. The van der Waals surface area contributed by atoms with Crippen LogP contribution < -0.4 is 16.4 Å². The van der Waals surface area contributed by atoms with Crippen molar-refractivity contribution >= 4 is 17.5 Å². The van der Waals surface area contributed by atoms with Crippen molar-refractivity contribution in [2.75, 3.05) is 25.0 Å². The highest BCUT2D eigenvalue weighted by atomic mass is 16.2. The molecule has 0 radical (unpaired) electrons. The summed E-state index contributed by atoms with van der Waals surface area (Å²) >= 11 is 0. The van der Waals surface area contributed by atoms with Gasteiger partial charge in [-0.25, -0.2) is 0 Å². The summed E-state index contributed by atoms with van der Waals surface area (Å²) in [6, 6.07) is 8.05. The quantitative estimate of drug-likeness (QED) is 0.750. The summed E-state index contributed by atoms with van der Waals surface area (Å²) in [5.41, 5.74) is 6.93. The summed E-state index contributed by atoms with van der Waals surface area (Å²) in [5, 5.41) is 6.42. The lowest BCUT2D eigenvalue weighted by atomic mass is 9.90. The van der Waals surface area contributed by atoms with Gasteiger partial charge in [0, 0.05) is 18.2 Å². The number of hydrogen-bond donors (Lipinski definition) is 3. The number of rotatable bonds is 5. The summed E-state index contributed by atoms with van der Waals surface area (Å²) in [7, 11) is 0. The molecule has 1 aromatic carbocycles. The molecule has 1 atom stereocenters. The van der Waals surface area contributed by atoms with E-state index in [-0.39, 0.29) is 17.7 Å². The lowest BCUT2D eigenvalue weighted by Crippen LogP contribution is -2.54. The minimum absolute atomic E-state index is 0.0145. The Morgan fingerprint density at radius 3 is 2.73 bits per heavy atom. The van der Waals surface area contributed by atoms with Crippen LogP contribution in [0.2, 0.25) is 0 Å². The standard InChI is InChI=1S/C20H30N4O2/c1-20(9-2-3-10-22-20)19(26)23-17-6-4-5-15(13-17)14-24-11-7-16(8-12-24)18(21)25/h4-6,13,16,22H,2-3,7-12,14H2,1H3,(H2,21,25)(H,23,26). The molecule has 4 N–H and O–H groups in total. The fraction of sp³-hybridized carbons (Fsp3) is 0.600. The monoisotopic (exact) mass is 358 g/mol. The molecule has 2 saturated heterocycles. The van der Waals surface area contributed by atoms with Gasteiger partial charge >= 0.3 is 0 Å². The van der Waals surface area contributed by atoms with Crippen molar-refractivity contribution in [2.24, 2.45) is 11.7 Å². The molecule has 142 valence electrons. The fourth-order valence-corrected chi connectivity index (χ4v) is 3.90. The van der Waals surface area contributed by atoms with Gasteiger partial charge in [-0.3, -0.25) is 14.5 Å². The Labute approximate surface area is 155 Å². The van der Waals surface area contributed by atoms with Crippen LogP contribution in [0.15, 0.2) is 24.3 Å². The number of carbonyl (C=O) groups is 2. The first kappa shape index (κ1) is 18.9. The molecule has 6 nitrogen and oxygen atoms in total. The second-order valence-electron chi connectivity index (χ2n) is 7.82. The van der Waals surface area contributed by atoms with Gasteiger partial charge < -0.3 is 16.4 Å². The second-order valence-corrected chi connectivity index (χ2v) is 7.82. The summed E-state index contributed by atoms with van der Waals surface area (Å²) in [4.78, 5) is 26.3. The van der Waals surface area contributed by atoms with Crippen molar-refractivity contribution in [3.63, 3.8) is 0 Å². The molecule has 0 spiro atoms. The van der Waals surface area contributed by atoms with E-state index >= 15 is 0 Å². The van der Waals surface area contributed by atoms with Crippen LogP contribution in [0.3, 0.4) is 0 Å². The van der Waals surface area contributed by atoms with Gasteiger partial charge in [0.1, 0.15) is 0 Å². The number of piperidine rings is 2. The van der Waals surface area contributed by atoms with Crippen molar-refractivity contribution in [3.05, 3.63) is 29.8 Å². The molecule has 1 unspecified atom stereocenters. The van der Waals surface area contributed by atoms with Crippen molar-refractivity contribution < 1.29 is 9.59 Å². The van der Waals surface area contributed by atoms with E-state index < -0.39 is 5.54 Å². The summed E-state index contributed by atoms with van der Waals surface area (Å²) in [6.07, 6.45) is 4.74. The van der Waals surface area contributed by atoms with Gasteiger partial charge in [0.2, 0.25) is 11.8 Å². The Hall–Kier alpha value is -1.92. The first-order valence-corrected chi connectivity index (χ1v) is 9.63. The fourth-order valence-electron chi connectivity index (χ4n) is 3.90. The number of hydrogen-bond acceptors (Lipinski definition) is 4. The zero-order valence-corrected chi connectivity index (χ0v) is 15.6. The van der Waals surface area contributed by atoms with Crippen LogP contribution in [0.4, 0.5) is 5.69 Å². The topological polar surface area (TPSA) is 87.5 Å². The lowest BCUT2D eigenvalue weighted by Gasteiger charge is -2.33. The third-order valence-corrected chi connectivity index (χ3v) is 5.70. The minimum Gasteiger partial charge on any atom is -0.369 e. The molecule has 3 rings (SSSR count). The van der Waals surface area contributed by atoms with E-state index in [2.05, 4.69) is 21.6 Å². The zero-order valence-electron chi connectivity index (χ0n) is 15.6. The van der Waals surface area contributed by atoms with E-state index in [1.807, 2.05) is 25.1 Å². The zero-order chi connectivity index (χ0) is 18.6. The Bertz CT molecular complexity index is 647. The molecule has 6 heteroatoms. The Morgan fingerprint density at radius 1 is 1.31 bits per heavy atom. The average molecular weight is 358 g/mol. The largest absolute Gasteiger partial charge is 0.369 e. The molecule has 2 amide bonds. The van der Waals surface area contributed by atoms with Gasteiger partial charge in [0.05, 0.1) is 5.54 Å². The average Bonchev–Trinajstić information content (AvgIpc) is 2.63. The molecule has 2 aliphatic rings. The SMILES string of the molecule is CC1(C(=O)Nc2cccc(CN3CCC(C(N)=O)CC3)c2)CCCCN1. The van der Waals surface area contributed by atoms with Gasteiger partial charge in [-0.05, 0) is 76.4 Å². The number of carbonyl (C=O) groups excluding carboxylic acids is 2. The maximum absolute atomic E-state index is 12.7. The van der Waals surface area contributed by atoms with Crippen molar-refractivity contribution in [3.8, 4) is 0 Å². The van der Waals surface area contributed by atoms with E-state index in [0.717, 1.165) is 64.0 Å². The number of anilines is 1. The molecular formula is C20H30N4O2. The van der Waals surface area contributed by atoms with Crippen LogP contribution in [-0.4, -0.2) is 41.9 Å². The first-order chi connectivity index (χ1) is 12.5. The third kappa shape index (κ3) is 4.62. The first-order valence-electron chi connectivity index (χ1n) is 9.63. The predicted molar refractivity (Wildman–Crippen MR) is 103 cm³/mol. The van der Waals surface area contributed by atoms with Crippen LogP contribution in [0.1, 0.15) is 44.6 Å². The molecular weight excluding hydrogens is 328 g/mol. The molecule has 2 heterocycles. The molecule has 0 aromatic heterocycles. The Morgan fingerprint density at radius 2 is 2.08 bits per heavy atom. The van der Waals surface area contributed by atoms with Gasteiger partial charge in [-0.15, -0.1) is 0 Å². The lowest BCUT2D eigenvalue weighted by molar-refractivity contribution is -0.123. The number of nitrogens with one attached hydrogen (secondary N) is 2. The van der Waals surface area contributed by atoms with Gasteiger partial charge in [0.25, 0.3) is 0 Å². The van der Waals surface area contributed by atoms with Crippen molar-refractivity contribution in [1.29, 1.82) is 0 Å². The van der Waals surface area contributed by atoms with E-state index in [4.69, 9.17) is 5.73 Å².